The van der Waals surface area contributed by atoms with Crippen molar-refractivity contribution in [1.29, 1.82) is 0 Å². The van der Waals surface area contributed by atoms with E-state index >= 15 is 0 Å². The molecular weight excluding hydrogens is 394 g/mol. The van der Waals surface area contributed by atoms with Crippen LogP contribution in [0.25, 0.3) is 0 Å². The second kappa shape index (κ2) is 11.8. The average Bonchev–Trinajstić information content (AvgIpc) is 3.20. The Morgan fingerprint density at radius 3 is 2.55 bits per heavy atom. The van der Waals surface area contributed by atoms with Crippen molar-refractivity contribution in [2.75, 3.05) is 24.6 Å². The van der Waals surface area contributed by atoms with Gasteiger partial charge in [-0.3, -0.25) is 14.9 Å². The van der Waals surface area contributed by atoms with Crippen LogP contribution in [0.15, 0.2) is 30.3 Å². The van der Waals surface area contributed by atoms with E-state index in [0.29, 0.717) is 50.3 Å². The van der Waals surface area contributed by atoms with Crippen LogP contribution in [0.3, 0.4) is 0 Å². The molecule has 0 spiro atoms. The summed E-state index contributed by atoms with van der Waals surface area (Å²) in [7, 11) is 0. The molecular formula is C20H29N3O5S. The molecule has 0 aromatic heterocycles. The zero-order chi connectivity index (χ0) is 21.2. The summed E-state index contributed by atoms with van der Waals surface area (Å²) in [6, 6.07) is 7.02. The van der Waals surface area contributed by atoms with Gasteiger partial charge in [-0.2, -0.15) is 11.8 Å². The summed E-state index contributed by atoms with van der Waals surface area (Å²) in [5.41, 5.74) is 6.55. The Bertz CT molecular complexity index is 688. The zero-order valence-electron chi connectivity index (χ0n) is 16.3. The van der Waals surface area contributed by atoms with Crippen LogP contribution in [-0.2, 0) is 20.8 Å². The Balaban J connectivity index is 2.08. The zero-order valence-corrected chi connectivity index (χ0v) is 17.1. The summed E-state index contributed by atoms with van der Waals surface area (Å²) in [6.45, 7) is 0.820. The van der Waals surface area contributed by atoms with Gasteiger partial charge in [0, 0.05) is 24.6 Å². The molecule has 1 fully saturated rings. The third kappa shape index (κ3) is 7.02. The third-order valence-electron chi connectivity index (χ3n) is 4.93. The van der Waals surface area contributed by atoms with Gasteiger partial charge in [0.05, 0.1) is 6.04 Å². The van der Waals surface area contributed by atoms with Crippen LogP contribution in [0, 0.1) is 0 Å². The van der Waals surface area contributed by atoms with Crippen molar-refractivity contribution in [3.05, 3.63) is 35.9 Å². The second-order valence-corrected chi connectivity index (χ2v) is 8.18. The molecule has 1 saturated heterocycles. The number of aryl methyl sites for hydroxylation is 1. The van der Waals surface area contributed by atoms with Crippen LogP contribution in [0.4, 0.5) is 0 Å². The molecule has 0 unspecified atom stereocenters. The summed E-state index contributed by atoms with van der Waals surface area (Å²) in [6.07, 6.45) is 1.93. The summed E-state index contributed by atoms with van der Waals surface area (Å²) < 4.78 is 0. The van der Waals surface area contributed by atoms with Gasteiger partial charge in [-0.05, 0) is 31.2 Å². The first-order valence-electron chi connectivity index (χ1n) is 9.78. The maximum absolute atomic E-state index is 13.0. The Hall–Kier alpha value is -2.10. The molecule has 1 aliphatic rings. The molecule has 29 heavy (non-hydrogen) atoms. The minimum atomic E-state index is -1.03. The highest BCUT2D eigenvalue weighted by Gasteiger charge is 2.38. The summed E-state index contributed by atoms with van der Waals surface area (Å²) in [5, 5.41) is 22.0. The van der Waals surface area contributed by atoms with E-state index in [2.05, 4.69) is 5.32 Å². The average molecular weight is 424 g/mol. The van der Waals surface area contributed by atoms with Crippen molar-refractivity contribution in [2.45, 2.75) is 43.8 Å². The van der Waals surface area contributed by atoms with Crippen LogP contribution in [-0.4, -0.2) is 75.7 Å². The summed E-state index contributed by atoms with van der Waals surface area (Å²) in [5.74, 6) is -1.43. The van der Waals surface area contributed by atoms with Crippen LogP contribution in [0.1, 0.15) is 24.8 Å². The number of thioether (sulfide) groups is 1. The number of amides is 1. The molecule has 1 heterocycles. The van der Waals surface area contributed by atoms with E-state index in [1.54, 1.807) is 0 Å². The molecule has 160 valence electrons. The molecule has 5 N–H and O–H groups in total. The molecule has 0 aliphatic carbocycles. The van der Waals surface area contributed by atoms with Gasteiger partial charge in [0.1, 0.15) is 12.1 Å². The predicted octanol–water partition coefficient (Wildman–Crippen LogP) is 0.798. The number of carbonyl (C=O) groups excluding carboxylic acids is 1. The molecule has 2 rings (SSSR count). The van der Waals surface area contributed by atoms with E-state index in [1.807, 2.05) is 30.3 Å². The number of rotatable bonds is 12. The van der Waals surface area contributed by atoms with Crippen molar-refractivity contribution < 1.29 is 24.6 Å². The monoisotopic (exact) mass is 423 g/mol. The molecule has 1 amide bonds. The number of nitrogens with two attached hydrogens (primary N) is 1. The highest BCUT2D eigenvalue weighted by atomic mass is 32.2. The quantitative estimate of drug-likeness (QED) is 0.363. The number of hydrogen-bond donors (Lipinski definition) is 4. The number of carboxylic acids is 2. The number of nitrogens with zero attached hydrogens (tertiary/aromatic N) is 1. The number of nitrogens with one attached hydrogen (secondary N) is 1. The lowest BCUT2D eigenvalue weighted by Crippen LogP contribution is -2.55. The highest BCUT2D eigenvalue weighted by molar-refractivity contribution is 7.99. The Labute approximate surface area is 174 Å². The van der Waals surface area contributed by atoms with Gasteiger partial charge in [0.2, 0.25) is 5.91 Å². The number of likely N-dealkylation sites (tertiary alicyclic amines) is 1. The number of carboxylic acid groups (broad SMARTS) is 2. The van der Waals surface area contributed by atoms with Crippen LogP contribution in [0.5, 0.6) is 0 Å². The fraction of sp³-hybridized carbons (Fsp3) is 0.550. The fourth-order valence-electron chi connectivity index (χ4n) is 3.44. The maximum atomic E-state index is 13.0. The Morgan fingerprint density at radius 1 is 1.21 bits per heavy atom. The van der Waals surface area contributed by atoms with E-state index in [-0.39, 0.29) is 5.91 Å². The maximum Gasteiger partial charge on any atom is 0.326 e. The van der Waals surface area contributed by atoms with E-state index < -0.39 is 30.1 Å². The fourth-order valence-corrected chi connectivity index (χ4v) is 4.25. The van der Waals surface area contributed by atoms with Crippen molar-refractivity contribution in [3.63, 3.8) is 0 Å². The van der Waals surface area contributed by atoms with E-state index in [4.69, 9.17) is 5.73 Å². The first-order chi connectivity index (χ1) is 13.9. The van der Waals surface area contributed by atoms with E-state index in [0.717, 1.165) is 5.56 Å². The molecule has 1 aromatic rings. The van der Waals surface area contributed by atoms with Gasteiger partial charge in [-0.25, -0.2) is 4.79 Å². The van der Waals surface area contributed by atoms with Crippen LogP contribution < -0.4 is 11.1 Å². The molecule has 1 aliphatic heterocycles. The summed E-state index contributed by atoms with van der Waals surface area (Å²) >= 11 is 1.45. The van der Waals surface area contributed by atoms with Gasteiger partial charge < -0.3 is 20.8 Å². The normalized spacial score (nSPS) is 18.4. The first-order valence-corrected chi connectivity index (χ1v) is 10.9. The standard InChI is InChI=1S/C20H29N3O5S/c21-10-12-29-13-16(18(24)23-11-4-7-17(23)20(27)28)22-15(19(25)26)9-8-14-5-2-1-3-6-14/h1-3,5-6,15-17,22H,4,7-13,21H2,(H,25,26)(H,27,28)/t15-,16-,17-/m0/s1. The van der Waals surface area contributed by atoms with Crippen molar-refractivity contribution in [3.8, 4) is 0 Å². The molecule has 8 nitrogen and oxygen atoms in total. The van der Waals surface area contributed by atoms with Crippen molar-refractivity contribution >= 4 is 29.6 Å². The minimum Gasteiger partial charge on any atom is -0.480 e. The lowest BCUT2D eigenvalue weighted by molar-refractivity contribution is -0.149. The molecule has 3 atom stereocenters. The number of carbonyl (C=O) groups is 3. The predicted molar refractivity (Wildman–Crippen MR) is 112 cm³/mol. The van der Waals surface area contributed by atoms with E-state index in [1.165, 1.54) is 16.7 Å². The molecule has 1 aromatic carbocycles. The Kier molecular flexibility index (Phi) is 9.43. The third-order valence-corrected chi connectivity index (χ3v) is 6.02. The molecule has 0 saturated carbocycles. The number of hydrogen-bond acceptors (Lipinski definition) is 6. The largest absolute Gasteiger partial charge is 0.480 e. The lowest BCUT2D eigenvalue weighted by Gasteiger charge is -2.29. The smallest absolute Gasteiger partial charge is 0.326 e. The van der Waals surface area contributed by atoms with E-state index in [9.17, 15) is 24.6 Å². The minimum absolute atomic E-state index is 0.326. The van der Waals surface area contributed by atoms with Gasteiger partial charge >= 0.3 is 11.9 Å². The molecule has 9 heteroatoms. The van der Waals surface area contributed by atoms with Crippen molar-refractivity contribution in [1.82, 2.24) is 10.2 Å². The highest BCUT2D eigenvalue weighted by Crippen LogP contribution is 2.20. The SMILES string of the molecule is NCCSC[C@H](N[C@@H](CCc1ccccc1)C(=O)O)C(=O)N1CCC[C@H]1C(=O)O. The van der Waals surface area contributed by atoms with Gasteiger partial charge in [-0.15, -0.1) is 0 Å². The first kappa shape index (κ1) is 23.2. The Morgan fingerprint density at radius 2 is 1.93 bits per heavy atom. The molecule has 0 bridgehead atoms. The summed E-state index contributed by atoms with van der Waals surface area (Å²) in [4.78, 5) is 37.7. The van der Waals surface area contributed by atoms with Gasteiger partial charge in [0.25, 0.3) is 0 Å². The topological polar surface area (TPSA) is 133 Å². The molecule has 0 radical (unpaired) electrons. The second-order valence-electron chi connectivity index (χ2n) is 7.03. The van der Waals surface area contributed by atoms with Gasteiger partial charge in [0.15, 0.2) is 0 Å². The van der Waals surface area contributed by atoms with Crippen LogP contribution >= 0.6 is 11.8 Å². The number of aliphatic carboxylic acids is 2. The number of benzene rings is 1. The van der Waals surface area contributed by atoms with Gasteiger partial charge in [-0.1, -0.05) is 30.3 Å². The van der Waals surface area contributed by atoms with Crippen molar-refractivity contribution in [2.24, 2.45) is 5.73 Å². The lowest BCUT2D eigenvalue weighted by atomic mass is 10.0. The van der Waals surface area contributed by atoms with Crippen LogP contribution in [0.2, 0.25) is 0 Å².